The van der Waals surface area contributed by atoms with Crippen molar-refractivity contribution in [3.05, 3.63) is 71.0 Å². The Morgan fingerprint density at radius 3 is 2.29 bits per heavy atom. The molecule has 2 aliphatic heterocycles. The molecule has 1 atom stereocenters. The summed E-state index contributed by atoms with van der Waals surface area (Å²) in [6.07, 6.45) is 0.690. The number of carbonyl (C=O) groups excluding carboxylic acids is 2. The van der Waals surface area contributed by atoms with E-state index in [9.17, 15) is 19.1 Å². The van der Waals surface area contributed by atoms with E-state index in [-0.39, 0.29) is 11.3 Å². The highest BCUT2D eigenvalue weighted by molar-refractivity contribution is 6.46. The average Bonchev–Trinajstić information content (AvgIpc) is 3.10. The van der Waals surface area contributed by atoms with Crippen molar-refractivity contribution in [2.75, 3.05) is 58.4 Å². The van der Waals surface area contributed by atoms with Crippen LogP contribution in [0.1, 0.15) is 23.6 Å². The van der Waals surface area contributed by atoms with E-state index in [1.54, 1.807) is 4.90 Å². The highest BCUT2D eigenvalue weighted by Gasteiger charge is 2.45. The number of rotatable bonds is 7. The lowest BCUT2D eigenvalue weighted by Crippen LogP contribution is -2.38. The number of morpholine rings is 1. The highest BCUT2D eigenvalue weighted by Crippen LogP contribution is 2.39. The molecule has 1 N–H and O–H groups in total. The van der Waals surface area contributed by atoms with E-state index in [0.29, 0.717) is 31.7 Å². The molecule has 0 bridgehead atoms. The maximum Gasteiger partial charge on any atom is 0.295 e. The van der Waals surface area contributed by atoms with Crippen LogP contribution in [0.4, 0.5) is 10.1 Å². The first-order chi connectivity index (χ1) is 16.4. The lowest BCUT2D eigenvalue weighted by atomic mass is 9.95. The molecule has 2 aromatic carbocycles. The van der Waals surface area contributed by atoms with Crippen LogP contribution in [-0.4, -0.2) is 80.1 Å². The molecular weight excluding hydrogens is 437 g/mol. The predicted octanol–water partition coefficient (Wildman–Crippen LogP) is 3.04. The second-order valence-electron chi connectivity index (χ2n) is 8.79. The Hall–Kier alpha value is -3.23. The van der Waals surface area contributed by atoms with Crippen molar-refractivity contribution in [1.29, 1.82) is 0 Å². The molecule has 0 unspecified atom stereocenters. The van der Waals surface area contributed by atoms with Gasteiger partial charge in [-0.25, -0.2) is 4.39 Å². The summed E-state index contributed by atoms with van der Waals surface area (Å²) in [6.45, 7) is 4.25. The van der Waals surface area contributed by atoms with Gasteiger partial charge in [0, 0.05) is 51.5 Å². The molecule has 0 saturated carbocycles. The van der Waals surface area contributed by atoms with Gasteiger partial charge in [0.1, 0.15) is 11.6 Å². The summed E-state index contributed by atoms with van der Waals surface area (Å²) in [5.41, 5.74) is 2.04. The van der Waals surface area contributed by atoms with Crippen molar-refractivity contribution in [2.45, 2.75) is 12.5 Å². The van der Waals surface area contributed by atoms with E-state index < -0.39 is 23.5 Å². The van der Waals surface area contributed by atoms with Gasteiger partial charge in [-0.15, -0.1) is 0 Å². The number of ketones is 1. The van der Waals surface area contributed by atoms with E-state index in [4.69, 9.17) is 4.74 Å². The van der Waals surface area contributed by atoms with Gasteiger partial charge in [-0.1, -0.05) is 12.1 Å². The molecule has 2 saturated heterocycles. The summed E-state index contributed by atoms with van der Waals surface area (Å²) in [6, 6.07) is 12.1. The van der Waals surface area contributed by atoms with Crippen molar-refractivity contribution in [3.63, 3.8) is 0 Å². The van der Waals surface area contributed by atoms with Crippen LogP contribution in [0.5, 0.6) is 0 Å². The van der Waals surface area contributed by atoms with Crippen LogP contribution >= 0.6 is 0 Å². The number of anilines is 1. The first kappa shape index (κ1) is 23.9. The minimum atomic E-state index is -0.727. The van der Waals surface area contributed by atoms with E-state index in [1.165, 1.54) is 24.3 Å². The van der Waals surface area contributed by atoms with Crippen molar-refractivity contribution in [3.8, 4) is 0 Å². The zero-order valence-electron chi connectivity index (χ0n) is 19.5. The Kier molecular flexibility index (Phi) is 7.29. The topological polar surface area (TPSA) is 73.3 Å². The fraction of sp³-hybridized carbons (Fsp3) is 0.385. The molecule has 180 valence electrons. The molecule has 8 heteroatoms. The average molecular weight is 468 g/mol. The number of Topliss-reactive ketones (excluding diaryl/α,β-unsaturated/α-hetero) is 1. The molecule has 1 amide bonds. The molecule has 0 radical (unpaired) electrons. The number of halogens is 1. The summed E-state index contributed by atoms with van der Waals surface area (Å²) in [4.78, 5) is 32.0. The summed E-state index contributed by atoms with van der Waals surface area (Å²) in [5.74, 6) is -2.10. The quantitative estimate of drug-likeness (QED) is 0.383. The van der Waals surface area contributed by atoms with Crippen molar-refractivity contribution < 1.29 is 23.8 Å². The lowest BCUT2D eigenvalue weighted by Gasteiger charge is -2.29. The fourth-order valence-corrected chi connectivity index (χ4v) is 4.46. The van der Waals surface area contributed by atoms with Crippen LogP contribution in [0, 0.1) is 5.82 Å². The highest BCUT2D eigenvalue weighted by atomic mass is 19.1. The Morgan fingerprint density at radius 1 is 1.03 bits per heavy atom. The number of carbonyl (C=O) groups is 2. The number of amides is 1. The third-order valence-electron chi connectivity index (χ3n) is 6.36. The minimum absolute atomic E-state index is 0.0283. The van der Waals surface area contributed by atoms with Gasteiger partial charge in [0.2, 0.25) is 0 Å². The Balaban J connectivity index is 1.67. The van der Waals surface area contributed by atoms with E-state index >= 15 is 0 Å². The van der Waals surface area contributed by atoms with Gasteiger partial charge in [0.15, 0.2) is 0 Å². The SMILES string of the molecule is CN(C)c1ccc([C@H]2/C(=C(\O)c3ccc(F)cc3)C(=O)C(=O)N2CCCN2CCOCC2)cc1. The molecule has 2 aromatic rings. The number of nitrogens with zero attached hydrogens (tertiary/aromatic N) is 3. The van der Waals surface area contributed by atoms with Crippen LogP contribution in [0.2, 0.25) is 0 Å². The van der Waals surface area contributed by atoms with Crippen LogP contribution in [0.25, 0.3) is 5.76 Å². The van der Waals surface area contributed by atoms with Gasteiger partial charge < -0.3 is 19.6 Å². The third kappa shape index (κ3) is 4.98. The third-order valence-corrected chi connectivity index (χ3v) is 6.36. The molecular formula is C26H30FN3O4. The first-order valence-electron chi connectivity index (χ1n) is 11.5. The molecule has 34 heavy (non-hydrogen) atoms. The monoisotopic (exact) mass is 467 g/mol. The molecule has 2 aliphatic rings. The smallest absolute Gasteiger partial charge is 0.295 e. The van der Waals surface area contributed by atoms with E-state index in [0.717, 1.165) is 30.9 Å². The van der Waals surface area contributed by atoms with Crippen molar-refractivity contribution in [1.82, 2.24) is 9.80 Å². The van der Waals surface area contributed by atoms with E-state index in [1.807, 2.05) is 43.3 Å². The molecule has 2 fully saturated rings. The van der Waals surface area contributed by atoms with Crippen LogP contribution < -0.4 is 4.90 Å². The summed E-state index contributed by atoms with van der Waals surface area (Å²) >= 11 is 0. The molecule has 4 rings (SSSR count). The van der Waals surface area contributed by atoms with Gasteiger partial charge >= 0.3 is 0 Å². The summed E-state index contributed by atoms with van der Waals surface area (Å²) < 4.78 is 18.8. The number of aliphatic hydroxyl groups is 1. The fourth-order valence-electron chi connectivity index (χ4n) is 4.46. The van der Waals surface area contributed by atoms with Crippen LogP contribution in [0.15, 0.2) is 54.1 Å². The number of hydrogen-bond donors (Lipinski definition) is 1. The van der Waals surface area contributed by atoms with Gasteiger partial charge in [-0.2, -0.15) is 0 Å². The molecule has 0 spiro atoms. The van der Waals surface area contributed by atoms with Crippen LogP contribution in [0.3, 0.4) is 0 Å². The Bertz CT molecular complexity index is 1060. The van der Waals surface area contributed by atoms with Gasteiger partial charge in [-0.3, -0.25) is 14.5 Å². The zero-order valence-corrected chi connectivity index (χ0v) is 19.5. The van der Waals surface area contributed by atoms with E-state index in [2.05, 4.69) is 4.90 Å². The first-order valence-corrected chi connectivity index (χ1v) is 11.5. The zero-order chi connectivity index (χ0) is 24.2. The van der Waals surface area contributed by atoms with Crippen LogP contribution in [-0.2, 0) is 14.3 Å². The van der Waals surface area contributed by atoms with Gasteiger partial charge in [-0.05, 0) is 48.4 Å². The van der Waals surface area contributed by atoms with Crippen molar-refractivity contribution >= 4 is 23.1 Å². The largest absolute Gasteiger partial charge is 0.507 e. The standard InChI is InChI=1S/C26H30FN3O4/c1-28(2)21-10-6-18(7-11-21)23-22(24(31)19-4-8-20(27)9-5-19)25(32)26(33)30(23)13-3-12-29-14-16-34-17-15-29/h4-11,23,31H,3,12-17H2,1-2H3/b24-22+/t23-/m0/s1. The predicted molar refractivity (Wildman–Crippen MR) is 128 cm³/mol. The number of benzene rings is 2. The molecule has 0 aliphatic carbocycles. The second kappa shape index (κ2) is 10.4. The summed E-state index contributed by atoms with van der Waals surface area (Å²) in [7, 11) is 3.86. The maximum atomic E-state index is 13.4. The molecule has 7 nitrogen and oxygen atoms in total. The second-order valence-corrected chi connectivity index (χ2v) is 8.79. The maximum absolute atomic E-state index is 13.4. The number of likely N-dealkylation sites (tertiary alicyclic amines) is 1. The number of hydrogen-bond acceptors (Lipinski definition) is 6. The molecule has 0 aromatic heterocycles. The van der Waals surface area contributed by atoms with Crippen molar-refractivity contribution in [2.24, 2.45) is 0 Å². The Morgan fingerprint density at radius 2 is 1.68 bits per heavy atom. The van der Waals surface area contributed by atoms with Gasteiger partial charge in [0.05, 0.1) is 24.8 Å². The lowest BCUT2D eigenvalue weighted by molar-refractivity contribution is -0.140. The normalized spacial score (nSPS) is 20.7. The molecule has 2 heterocycles. The minimum Gasteiger partial charge on any atom is -0.507 e. The number of ether oxygens (including phenoxy) is 1. The Labute approximate surface area is 199 Å². The number of aliphatic hydroxyl groups excluding tert-OH is 1. The summed E-state index contributed by atoms with van der Waals surface area (Å²) in [5, 5.41) is 11.0. The van der Waals surface area contributed by atoms with Gasteiger partial charge in [0.25, 0.3) is 11.7 Å².